The zero-order chi connectivity index (χ0) is 13.7. The van der Waals surface area contributed by atoms with Crippen LogP contribution >= 0.6 is 15.9 Å². The average Bonchev–Trinajstić information content (AvgIpc) is 2.88. The van der Waals surface area contributed by atoms with Crippen LogP contribution in [0, 0.1) is 0 Å². The number of nitrogens with one attached hydrogen (secondary N) is 1. The van der Waals surface area contributed by atoms with Crippen molar-refractivity contribution in [2.75, 3.05) is 18.5 Å². The molecule has 0 spiro atoms. The molecule has 2 rings (SSSR count). The summed E-state index contributed by atoms with van der Waals surface area (Å²) in [5, 5.41) is 3.30. The van der Waals surface area contributed by atoms with E-state index < -0.39 is 0 Å². The fourth-order valence-electron chi connectivity index (χ4n) is 2.33. The van der Waals surface area contributed by atoms with Gasteiger partial charge in [-0.1, -0.05) is 13.3 Å². The predicted octanol–water partition coefficient (Wildman–Crippen LogP) is 3.34. The summed E-state index contributed by atoms with van der Waals surface area (Å²) in [7, 11) is 0. The molecule has 106 valence electrons. The van der Waals surface area contributed by atoms with E-state index in [0.717, 1.165) is 67.1 Å². The Bertz CT molecular complexity index is 392. The maximum Gasteiger partial charge on any atom is 0.144 e. The third-order valence-electron chi connectivity index (χ3n) is 3.23. The number of hydrogen-bond donors (Lipinski definition) is 1. The summed E-state index contributed by atoms with van der Waals surface area (Å²) in [6.07, 6.45) is 5.45. The Hall–Kier alpha value is -0.680. The average molecular weight is 328 g/mol. The van der Waals surface area contributed by atoms with E-state index in [9.17, 15) is 0 Å². The summed E-state index contributed by atoms with van der Waals surface area (Å²) in [6.45, 7) is 5.98. The van der Waals surface area contributed by atoms with Crippen molar-refractivity contribution in [3.05, 3.63) is 16.0 Å². The smallest absolute Gasteiger partial charge is 0.144 e. The van der Waals surface area contributed by atoms with Crippen molar-refractivity contribution in [2.24, 2.45) is 0 Å². The van der Waals surface area contributed by atoms with Gasteiger partial charge in [-0.25, -0.2) is 9.97 Å². The molecule has 1 aliphatic rings. The quantitative estimate of drug-likeness (QED) is 0.870. The fourth-order valence-corrected chi connectivity index (χ4v) is 2.85. The van der Waals surface area contributed by atoms with Crippen LogP contribution in [0.5, 0.6) is 0 Å². The van der Waals surface area contributed by atoms with E-state index in [4.69, 9.17) is 9.72 Å². The highest BCUT2D eigenvalue weighted by molar-refractivity contribution is 9.10. The maximum atomic E-state index is 5.67. The van der Waals surface area contributed by atoms with E-state index in [2.05, 4.69) is 40.1 Å². The molecule has 1 aliphatic heterocycles. The molecule has 0 saturated carbocycles. The first-order valence-corrected chi connectivity index (χ1v) is 7.94. The third kappa shape index (κ3) is 3.89. The summed E-state index contributed by atoms with van der Waals surface area (Å²) in [6, 6.07) is 0. The van der Waals surface area contributed by atoms with Crippen molar-refractivity contribution in [1.29, 1.82) is 0 Å². The van der Waals surface area contributed by atoms with E-state index in [1.165, 1.54) is 0 Å². The number of rotatable bonds is 6. The van der Waals surface area contributed by atoms with Crippen LogP contribution in [0.15, 0.2) is 4.47 Å². The highest BCUT2D eigenvalue weighted by Crippen LogP contribution is 2.26. The highest BCUT2D eigenvalue weighted by Gasteiger charge is 2.19. The van der Waals surface area contributed by atoms with Crippen LogP contribution in [-0.4, -0.2) is 29.2 Å². The van der Waals surface area contributed by atoms with Crippen LogP contribution < -0.4 is 5.32 Å². The summed E-state index contributed by atoms with van der Waals surface area (Å²) < 4.78 is 6.68. The van der Waals surface area contributed by atoms with Crippen molar-refractivity contribution in [2.45, 2.75) is 52.1 Å². The summed E-state index contributed by atoms with van der Waals surface area (Å²) >= 11 is 3.61. The molecule has 1 atom stereocenters. The van der Waals surface area contributed by atoms with Gasteiger partial charge in [0.15, 0.2) is 0 Å². The second-order valence-electron chi connectivity index (χ2n) is 4.87. The number of ether oxygens (including phenoxy) is 1. The molecule has 5 heteroatoms. The molecule has 2 heterocycles. The minimum absolute atomic E-state index is 0.296. The Labute approximate surface area is 123 Å². The molecule has 4 nitrogen and oxygen atoms in total. The van der Waals surface area contributed by atoms with Gasteiger partial charge in [0.25, 0.3) is 0 Å². The minimum Gasteiger partial charge on any atom is -0.378 e. The molecule has 1 unspecified atom stereocenters. The Morgan fingerprint density at radius 3 is 2.84 bits per heavy atom. The largest absolute Gasteiger partial charge is 0.378 e. The zero-order valence-corrected chi connectivity index (χ0v) is 13.3. The molecule has 1 aromatic heterocycles. The summed E-state index contributed by atoms with van der Waals surface area (Å²) in [5.41, 5.74) is 1.10. The SMILES string of the molecule is CCCc1nc(CC2CCCO2)nc(NCC)c1Br. The van der Waals surface area contributed by atoms with E-state index in [1.54, 1.807) is 0 Å². The Morgan fingerprint density at radius 1 is 1.37 bits per heavy atom. The topological polar surface area (TPSA) is 47.0 Å². The van der Waals surface area contributed by atoms with Crippen LogP contribution in [0.25, 0.3) is 0 Å². The lowest BCUT2D eigenvalue weighted by Gasteiger charge is -2.14. The normalized spacial score (nSPS) is 18.8. The van der Waals surface area contributed by atoms with Gasteiger partial charge in [0.05, 0.1) is 16.3 Å². The van der Waals surface area contributed by atoms with Gasteiger partial charge < -0.3 is 10.1 Å². The van der Waals surface area contributed by atoms with Gasteiger partial charge in [0.2, 0.25) is 0 Å². The second-order valence-corrected chi connectivity index (χ2v) is 5.66. The van der Waals surface area contributed by atoms with Crippen molar-refractivity contribution < 1.29 is 4.74 Å². The number of hydrogen-bond acceptors (Lipinski definition) is 4. The number of halogens is 1. The number of aryl methyl sites for hydroxylation is 1. The molecule has 1 aromatic rings. The van der Waals surface area contributed by atoms with Gasteiger partial charge in [-0.2, -0.15) is 0 Å². The van der Waals surface area contributed by atoms with Gasteiger partial charge in [-0.05, 0) is 42.1 Å². The highest BCUT2D eigenvalue weighted by atomic mass is 79.9. The Balaban J connectivity index is 2.20. The van der Waals surface area contributed by atoms with Crippen molar-refractivity contribution >= 4 is 21.7 Å². The van der Waals surface area contributed by atoms with Crippen LogP contribution in [0.1, 0.15) is 44.6 Å². The van der Waals surface area contributed by atoms with Gasteiger partial charge in [0.1, 0.15) is 11.6 Å². The molecule has 0 amide bonds. The van der Waals surface area contributed by atoms with Crippen LogP contribution in [-0.2, 0) is 17.6 Å². The van der Waals surface area contributed by atoms with E-state index >= 15 is 0 Å². The number of aromatic nitrogens is 2. The molecule has 0 radical (unpaired) electrons. The number of anilines is 1. The van der Waals surface area contributed by atoms with Crippen molar-refractivity contribution in [3.8, 4) is 0 Å². The first-order valence-electron chi connectivity index (χ1n) is 7.15. The monoisotopic (exact) mass is 327 g/mol. The second kappa shape index (κ2) is 7.20. The van der Waals surface area contributed by atoms with E-state index in [1.807, 2.05) is 0 Å². The summed E-state index contributed by atoms with van der Waals surface area (Å²) in [5.74, 6) is 1.81. The van der Waals surface area contributed by atoms with Crippen LogP contribution in [0.4, 0.5) is 5.82 Å². The standard InChI is InChI=1S/C14H22BrN3O/c1-3-6-11-13(15)14(16-4-2)18-12(17-11)9-10-7-5-8-19-10/h10H,3-9H2,1-2H3,(H,16,17,18). The lowest BCUT2D eigenvalue weighted by molar-refractivity contribution is 0.110. The predicted molar refractivity (Wildman–Crippen MR) is 80.6 cm³/mol. The fraction of sp³-hybridized carbons (Fsp3) is 0.714. The molecule has 0 aliphatic carbocycles. The van der Waals surface area contributed by atoms with Gasteiger partial charge in [0, 0.05) is 19.6 Å². The first kappa shape index (κ1) is 14.7. The van der Waals surface area contributed by atoms with Crippen LogP contribution in [0.3, 0.4) is 0 Å². The van der Waals surface area contributed by atoms with Gasteiger partial charge >= 0.3 is 0 Å². The third-order valence-corrected chi connectivity index (χ3v) is 4.06. The molecular formula is C14H22BrN3O. The maximum absolute atomic E-state index is 5.67. The molecule has 1 N–H and O–H groups in total. The molecule has 0 aromatic carbocycles. The van der Waals surface area contributed by atoms with Crippen molar-refractivity contribution in [3.63, 3.8) is 0 Å². The Kier molecular flexibility index (Phi) is 5.58. The zero-order valence-electron chi connectivity index (χ0n) is 11.7. The van der Waals surface area contributed by atoms with Crippen LogP contribution in [0.2, 0.25) is 0 Å². The number of nitrogens with zero attached hydrogens (tertiary/aromatic N) is 2. The molecule has 1 saturated heterocycles. The van der Waals surface area contributed by atoms with Gasteiger partial charge in [-0.15, -0.1) is 0 Å². The van der Waals surface area contributed by atoms with Gasteiger partial charge in [-0.3, -0.25) is 0 Å². The Morgan fingerprint density at radius 2 is 2.21 bits per heavy atom. The molecule has 19 heavy (non-hydrogen) atoms. The van der Waals surface area contributed by atoms with Crippen molar-refractivity contribution in [1.82, 2.24) is 9.97 Å². The van der Waals surface area contributed by atoms with E-state index in [-0.39, 0.29) is 0 Å². The lowest BCUT2D eigenvalue weighted by atomic mass is 10.1. The minimum atomic E-state index is 0.296. The molecule has 1 fully saturated rings. The molecule has 0 bridgehead atoms. The van der Waals surface area contributed by atoms with E-state index in [0.29, 0.717) is 6.10 Å². The molecular weight excluding hydrogens is 306 g/mol. The lowest BCUT2D eigenvalue weighted by Crippen LogP contribution is -2.14. The first-order chi connectivity index (χ1) is 9.24. The summed E-state index contributed by atoms with van der Waals surface area (Å²) in [4.78, 5) is 9.31.